The topological polar surface area (TPSA) is 47.9 Å². The summed E-state index contributed by atoms with van der Waals surface area (Å²) in [6.45, 7) is 6.08. The summed E-state index contributed by atoms with van der Waals surface area (Å²) in [7, 11) is 0. The Kier molecular flexibility index (Phi) is 3.59. The maximum Gasteiger partial charge on any atom is 0.164 e. The van der Waals surface area contributed by atoms with E-state index >= 15 is 0 Å². The van der Waals surface area contributed by atoms with Crippen molar-refractivity contribution in [2.75, 3.05) is 13.2 Å². The maximum absolute atomic E-state index is 9.69. The van der Waals surface area contributed by atoms with Crippen LogP contribution in [0.4, 0.5) is 0 Å². The SMILES string of the molecule is Cc1ccc(S[C@H]2OC[C@@]3(CO)OC(C)(C)O[C@@H]23)cc1. The highest BCUT2D eigenvalue weighted by Crippen LogP contribution is 2.47. The van der Waals surface area contributed by atoms with Gasteiger partial charge in [0.25, 0.3) is 0 Å². The Bertz CT molecular complexity index is 487. The van der Waals surface area contributed by atoms with E-state index in [1.54, 1.807) is 11.8 Å². The average Bonchev–Trinajstić information content (AvgIpc) is 2.85. The lowest BCUT2D eigenvalue weighted by Crippen LogP contribution is -2.44. The van der Waals surface area contributed by atoms with Crippen LogP contribution < -0.4 is 0 Å². The van der Waals surface area contributed by atoms with E-state index in [1.165, 1.54) is 5.56 Å². The number of benzene rings is 1. The lowest BCUT2D eigenvalue weighted by Gasteiger charge is -2.24. The van der Waals surface area contributed by atoms with Gasteiger partial charge < -0.3 is 19.3 Å². The lowest BCUT2D eigenvalue weighted by molar-refractivity contribution is -0.190. The second kappa shape index (κ2) is 5.00. The molecule has 2 saturated heterocycles. The van der Waals surface area contributed by atoms with Gasteiger partial charge in [-0.2, -0.15) is 0 Å². The molecule has 0 spiro atoms. The number of rotatable bonds is 3. The molecule has 2 aliphatic heterocycles. The molecule has 1 aromatic carbocycles. The van der Waals surface area contributed by atoms with Gasteiger partial charge in [-0.25, -0.2) is 0 Å². The molecule has 0 bridgehead atoms. The number of aliphatic hydroxyl groups is 1. The number of hydrogen-bond donors (Lipinski definition) is 1. The van der Waals surface area contributed by atoms with Crippen molar-refractivity contribution in [3.05, 3.63) is 29.8 Å². The quantitative estimate of drug-likeness (QED) is 0.927. The molecule has 0 aromatic heterocycles. The van der Waals surface area contributed by atoms with Crippen molar-refractivity contribution in [3.63, 3.8) is 0 Å². The second-order valence-corrected chi connectivity index (χ2v) is 7.05. The van der Waals surface area contributed by atoms with E-state index < -0.39 is 11.4 Å². The van der Waals surface area contributed by atoms with Crippen LogP contribution in [0.2, 0.25) is 0 Å². The van der Waals surface area contributed by atoms with Gasteiger partial charge in [-0.15, -0.1) is 0 Å². The van der Waals surface area contributed by atoms with E-state index in [1.807, 2.05) is 13.8 Å². The fraction of sp³-hybridized carbons (Fsp3) is 0.600. The van der Waals surface area contributed by atoms with Crippen LogP contribution in [0.1, 0.15) is 19.4 Å². The maximum atomic E-state index is 9.69. The summed E-state index contributed by atoms with van der Waals surface area (Å²) in [5.41, 5.74) is 0.339. The fourth-order valence-corrected chi connectivity index (χ4v) is 3.85. The standard InChI is InChI=1S/C15H20O4S/c1-10-4-6-11(7-5-10)20-13-12-15(8-16,9-17-13)19-14(2,3)18-12/h4-7,12-13,16H,8-9H2,1-3H3/t12-,13+,15+/m0/s1. The van der Waals surface area contributed by atoms with Crippen molar-refractivity contribution >= 4 is 11.8 Å². The zero-order chi connectivity index (χ0) is 14.4. The molecule has 1 aromatic rings. The van der Waals surface area contributed by atoms with Gasteiger partial charge in [-0.05, 0) is 32.9 Å². The van der Waals surface area contributed by atoms with Crippen LogP contribution >= 0.6 is 11.8 Å². The van der Waals surface area contributed by atoms with Crippen LogP contribution in [0.25, 0.3) is 0 Å². The third kappa shape index (κ3) is 2.49. The summed E-state index contributed by atoms with van der Waals surface area (Å²) >= 11 is 1.61. The third-order valence-electron chi connectivity index (χ3n) is 3.66. The Morgan fingerprint density at radius 2 is 2.00 bits per heavy atom. The fourth-order valence-electron chi connectivity index (χ4n) is 2.73. The molecule has 110 valence electrons. The molecule has 0 aliphatic carbocycles. The Morgan fingerprint density at radius 3 is 2.65 bits per heavy atom. The summed E-state index contributed by atoms with van der Waals surface area (Å²) in [6.07, 6.45) is -0.256. The molecular formula is C15H20O4S. The third-order valence-corrected chi connectivity index (χ3v) is 4.82. The zero-order valence-electron chi connectivity index (χ0n) is 12.0. The van der Waals surface area contributed by atoms with Gasteiger partial charge >= 0.3 is 0 Å². The second-order valence-electron chi connectivity index (χ2n) is 5.87. The van der Waals surface area contributed by atoms with Gasteiger partial charge in [0.1, 0.15) is 17.1 Å². The highest BCUT2D eigenvalue weighted by molar-refractivity contribution is 7.99. The van der Waals surface area contributed by atoms with Gasteiger partial charge in [0.15, 0.2) is 5.79 Å². The normalized spacial score (nSPS) is 35.2. The number of hydrogen-bond acceptors (Lipinski definition) is 5. The molecule has 20 heavy (non-hydrogen) atoms. The highest BCUT2D eigenvalue weighted by Gasteiger charge is 2.61. The molecule has 0 radical (unpaired) electrons. The van der Waals surface area contributed by atoms with Crippen molar-refractivity contribution in [2.45, 2.75) is 48.6 Å². The average molecular weight is 296 g/mol. The van der Waals surface area contributed by atoms with E-state index in [0.29, 0.717) is 6.61 Å². The number of aryl methyl sites for hydroxylation is 1. The minimum Gasteiger partial charge on any atom is -0.393 e. The molecule has 2 fully saturated rings. The summed E-state index contributed by atoms with van der Waals surface area (Å²) in [4.78, 5) is 1.13. The molecule has 2 aliphatic rings. The van der Waals surface area contributed by atoms with Crippen molar-refractivity contribution in [1.29, 1.82) is 0 Å². The monoisotopic (exact) mass is 296 g/mol. The summed E-state index contributed by atoms with van der Waals surface area (Å²) in [5.74, 6) is -0.677. The molecule has 4 nitrogen and oxygen atoms in total. The molecule has 0 amide bonds. The van der Waals surface area contributed by atoms with Crippen LogP contribution in [-0.4, -0.2) is 41.2 Å². The summed E-state index contributed by atoms with van der Waals surface area (Å²) < 4.78 is 17.6. The van der Waals surface area contributed by atoms with E-state index in [0.717, 1.165) is 4.90 Å². The van der Waals surface area contributed by atoms with Crippen molar-refractivity contribution in [1.82, 2.24) is 0 Å². The van der Waals surface area contributed by atoms with Gasteiger partial charge in [0.05, 0.1) is 13.2 Å². The Labute approximate surface area is 123 Å². The predicted molar refractivity (Wildman–Crippen MR) is 76.6 cm³/mol. The van der Waals surface area contributed by atoms with Crippen LogP contribution in [-0.2, 0) is 14.2 Å². The van der Waals surface area contributed by atoms with Crippen LogP contribution in [0, 0.1) is 6.92 Å². The lowest BCUT2D eigenvalue weighted by atomic mass is 10.0. The first kappa shape index (κ1) is 14.4. The molecule has 3 rings (SSSR count). The van der Waals surface area contributed by atoms with Crippen LogP contribution in [0.3, 0.4) is 0 Å². The zero-order valence-corrected chi connectivity index (χ0v) is 12.8. The summed E-state index contributed by atoms with van der Waals surface area (Å²) in [5, 5.41) is 9.69. The molecule has 2 heterocycles. The van der Waals surface area contributed by atoms with E-state index in [9.17, 15) is 5.11 Å². The van der Waals surface area contributed by atoms with E-state index in [4.69, 9.17) is 14.2 Å². The minimum atomic E-state index is -0.730. The van der Waals surface area contributed by atoms with E-state index in [-0.39, 0.29) is 18.1 Å². The number of thioether (sulfide) groups is 1. The van der Waals surface area contributed by atoms with Gasteiger partial charge in [-0.1, -0.05) is 29.5 Å². The first-order valence-corrected chi connectivity index (χ1v) is 7.66. The summed E-state index contributed by atoms with van der Waals surface area (Å²) in [6, 6.07) is 8.30. The van der Waals surface area contributed by atoms with Crippen molar-refractivity contribution in [2.24, 2.45) is 0 Å². The van der Waals surface area contributed by atoms with Gasteiger partial charge in [0.2, 0.25) is 0 Å². The molecule has 1 N–H and O–H groups in total. The van der Waals surface area contributed by atoms with Crippen molar-refractivity contribution in [3.8, 4) is 0 Å². The Balaban J connectivity index is 1.77. The van der Waals surface area contributed by atoms with Crippen LogP contribution in [0.15, 0.2) is 29.2 Å². The highest BCUT2D eigenvalue weighted by atomic mass is 32.2. The number of aliphatic hydroxyl groups excluding tert-OH is 1. The number of ether oxygens (including phenoxy) is 3. The smallest absolute Gasteiger partial charge is 0.164 e. The molecule has 0 unspecified atom stereocenters. The minimum absolute atomic E-state index is 0.0912. The van der Waals surface area contributed by atoms with Crippen molar-refractivity contribution < 1.29 is 19.3 Å². The molecule has 0 saturated carbocycles. The largest absolute Gasteiger partial charge is 0.393 e. The first-order valence-electron chi connectivity index (χ1n) is 6.78. The first-order chi connectivity index (χ1) is 9.44. The molecular weight excluding hydrogens is 276 g/mol. The Hall–Kier alpha value is -0.590. The van der Waals surface area contributed by atoms with Gasteiger partial charge in [0, 0.05) is 4.90 Å². The van der Waals surface area contributed by atoms with Gasteiger partial charge in [-0.3, -0.25) is 0 Å². The molecule has 3 atom stereocenters. The Morgan fingerprint density at radius 1 is 1.30 bits per heavy atom. The number of fused-ring (bicyclic) bond motifs is 1. The predicted octanol–water partition coefficient (Wildman–Crippen LogP) is 2.33. The molecule has 5 heteroatoms. The van der Waals surface area contributed by atoms with Crippen LogP contribution in [0.5, 0.6) is 0 Å². The van der Waals surface area contributed by atoms with E-state index in [2.05, 4.69) is 31.2 Å².